The van der Waals surface area contributed by atoms with Crippen molar-refractivity contribution in [2.75, 3.05) is 5.75 Å². The van der Waals surface area contributed by atoms with Crippen molar-refractivity contribution < 1.29 is 14.7 Å². The lowest BCUT2D eigenvalue weighted by Gasteiger charge is -2.32. The minimum absolute atomic E-state index is 0.127. The second-order valence-corrected chi connectivity index (χ2v) is 7.66. The zero-order valence-corrected chi connectivity index (χ0v) is 13.9. The molecule has 23 heavy (non-hydrogen) atoms. The molecule has 1 unspecified atom stereocenters. The van der Waals surface area contributed by atoms with Gasteiger partial charge in [-0.3, -0.25) is 4.79 Å². The number of rotatable bonds is 2. The van der Waals surface area contributed by atoms with Crippen LogP contribution in [0.3, 0.4) is 0 Å². The summed E-state index contributed by atoms with van der Waals surface area (Å²) < 4.78 is 0. The Hall–Kier alpha value is -2.03. The zero-order valence-electron chi connectivity index (χ0n) is 13.1. The maximum Gasteiger partial charge on any atom is 0.315 e. The minimum Gasteiger partial charge on any atom is -0.481 e. The molecule has 118 valence electrons. The summed E-state index contributed by atoms with van der Waals surface area (Å²) in [4.78, 5) is 23.5. The molecule has 0 bridgehead atoms. The van der Waals surface area contributed by atoms with Crippen LogP contribution in [-0.4, -0.2) is 22.8 Å². The van der Waals surface area contributed by atoms with Crippen molar-refractivity contribution in [3.8, 4) is 0 Å². The topological polar surface area (TPSA) is 54.4 Å². The van der Waals surface area contributed by atoms with Gasteiger partial charge in [-0.15, -0.1) is 11.8 Å². The van der Waals surface area contributed by atoms with Gasteiger partial charge in [-0.05, 0) is 52.5 Å². The fourth-order valence-corrected chi connectivity index (χ4v) is 4.50. The van der Waals surface area contributed by atoms with Crippen LogP contribution in [0.2, 0.25) is 0 Å². The largest absolute Gasteiger partial charge is 0.481 e. The first-order valence-corrected chi connectivity index (χ1v) is 8.56. The Morgan fingerprint density at radius 3 is 2.87 bits per heavy atom. The second-order valence-electron chi connectivity index (χ2n) is 6.53. The Morgan fingerprint density at radius 1 is 1.39 bits per heavy atom. The second kappa shape index (κ2) is 5.88. The Balaban J connectivity index is 2.03. The Labute approximate surface area is 139 Å². The van der Waals surface area contributed by atoms with E-state index in [0.29, 0.717) is 0 Å². The molecule has 1 aromatic rings. The number of carbonyl (C=O) groups excluding carboxylic acids is 1. The molecule has 0 radical (unpaired) electrons. The molecule has 0 saturated carbocycles. The average molecular weight is 326 g/mol. The van der Waals surface area contributed by atoms with Gasteiger partial charge in [0.1, 0.15) is 11.9 Å². The van der Waals surface area contributed by atoms with Gasteiger partial charge in [0.25, 0.3) is 0 Å². The normalized spacial score (nSPS) is 22.1. The van der Waals surface area contributed by atoms with Gasteiger partial charge >= 0.3 is 5.97 Å². The molecular formula is C19H18O3S. The highest BCUT2D eigenvalue weighted by Gasteiger charge is 2.29. The first-order chi connectivity index (χ1) is 10.9. The van der Waals surface area contributed by atoms with Gasteiger partial charge in [0, 0.05) is 4.90 Å². The monoisotopic (exact) mass is 326 g/mol. The van der Waals surface area contributed by atoms with Crippen LogP contribution in [0.15, 0.2) is 46.9 Å². The summed E-state index contributed by atoms with van der Waals surface area (Å²) in [6, 6.07) is 6.33. The third-order valence-corrected chi connectivity index (χ3v) is 5.60. The number of carbonyl (C=O) groups is 1. The fraction of sp³-hybridized carbons (Fsp3) is 0.316. The van der Waals surface area contributed by atoms with E-state index >= 15 is 0 Å². The average Bonchev–Trinajstić information content (AvgIpc) is 2.53. The first-order valence-electron chi connectivity index (χ1n) is 7.58. The van der Waals surface area contributed by atoms with E-state index in [1.807, 2.05) is 17.8 Å². The summed E-state index contributed by atoms with van der Waals surface area (Å²) in [7, 11) is 0. The molecule has 3 rings (SSSR count). The van der Waals surface area contributed by atoms with Crippen molar-refractivity contribution in [2.24, 2.45) is 5.92 Å². The van der Waals surface area contributed by atoms with Crippen LogP contribution in [0.4, 0.5) is 0 Å². The Kier molecular flexibility index (Phi) is 4.05. The van der Waals surface area contributed by atoms with Gasteiger partial charge in [0.2, 0.25) is 0 Å². The molecule has 0 fully saturated rings. The van der Waals surface area contributed by atoms with Crippen LogP contribution in [0.1, 0.15) is 31.4 Å². The van der Waals surface area contributed by atoms with E-state index in [9.17, 15) is 9.59 Å². The minimum atomic E-state index is -1.03. The molecule has 4 heteroatoms. The van der Waals surface area contributed by atoms with E-state index < -0.39 is 11.9 Å². The molecule has 2 aliphatic rings. The van der Waals surface area contributed by atoms with E-state index in [1.54, 1.807) is 24.2 Å². The van der Waals surface area contributed by atoms with Gasteiger partial charge in [-0.25, -0.2) is 4.79 Å². The molecule has 1 aromatic carbocycles. The molecule has 3 nitrogen and oxygen atoms in total. The van der Waals surface area contributed by atoms with Crippen molar-refractivity contribution in [3.63, 3.8) is 0 Å². The predicted molar refractivity (Wildman–Crippen MR) is 92.3 cm³/mol. The summed E-state index contributed by atoms with van der Waals surface area (Å²) in [5.41, 5.74) is 3.48. The Morgan fingerprint density at radius 2 is 2.17 bits per heavy atom. The smallest absolute Gasteiger partial charge is 0.315 e. The first kappa shape index (κ1) is 15.9. The van der Waals surface area contributed by atoms with Crippen LogP contribution in [0.25, 0.3) is 5.57 Å². The number of carboxylic acids is 1. The highest BCUT2D eigenvalue weighted by atomic mass is 32.2. The fourth-order valence-electron chi connectivity index (χ4n) is 3.01. The van der Waals surface area contributed by atoms with Crippen molar-refractivity contribution >= 4 is 29.2 Å². The van der Waals surface area contributed by atoms with Crippen molar-refractivity contribution in [1.82, 2.24) is 0 Å². The van der Waals surface area contributed by atoms with Crippen molar-refractivity contribution in [3.05, 3.63) is 53.1 Å². The van der Waals surface area contributed by atoms with E-state index in [-0.39, 0.29) is 11.0 Å². The zero-order chi connectivity index (χ0) is 16.6. The molecule has 0 saturated heterocycles. The van der Waals surface area contributed by atoms with Crippen molar-refractivity contribution in [2.45, 2.75) is 30.6 Å². The quantitative estimate of drug-likeness (QED) is 0.838. The summed E-state index contributed by atoms with van der Waals surface area (Å²) in [5.74, 6) is 0.961. The molecule has 1 aliphatic heterocycles. The van der Waals surface area contributed by atoms with E-state index in [2.05, 4.69) is 26.0 Å². The Bertz CT molecular complexity index is 780. The summed E-state index contributed by atoms with van der Waals surface area (Å²) in [5, 5.41) is 9.14. The number of aliphatic carboxylic acids is 1. The highest BCUT2D eigenvalue weighted by molar-refractivity contribution is 7.99. The van der Waals surface area contributed by atoms with Crippen LogP contribution < -0.4 is 0 Å². The van der Waals surface area contributed by atoms with E-state index in [0.717, 1.165) is 23.3 Å². The van der Waals surface area contributed by atoms with Crippen molar-refractivity contribution in [1.29, 1.82) is 0 Å². The van der Waals surface area contributed by atoms with Gasteiger partial charge in [-0.1, -0.05) is 32.1 Å². The van der Waals surface area contributed by atoms with E-state index in [1.165, 1.54) is 10.5 Å². The van der Waals surface area contributed by atoms with Crippen LogP contribution in [-0.2, 0) is 15.0 Å². The maximum absolute atomic E-state index is 11.2. The van der Waals surface area contributed by atoms with Gasteiger partial charge in [-0.2, -0.15) is 0 Å². The van der Waals surface area contributed by atoms with Gasteiger partial charge in [0.05, 0.1) is 5.57 Å². The molecule has 1 aliphatic carbocycles. The number of hydrogen-bond acceptors (Lipinski definition) is 3. The SMILES string of the molecule is CC1(C)CCSc2ccc(C3=CC(=C=O)C(C(=O)O)C=C3)cc21. The lowest BCUT2D eigenvalue weighted by atomic mass is 9.80. The molecule has 0 spiro atoms. The number of allylic oxidation sites excluding steroid dienone is 3. The lowest BCUT2D eigenvalue weighted by molar-refractivity contribution is -0.138. The summed E-state index contributed by atoms with van der Waals surface area (Å²) >= 11 is 1.87. The molecule has 0 aromatic heterocycles. The molecule has 1 heterocycles. The number of benzene rings is 1. The number of thioether (sulfide) groups is 1. The maximum atomic E-state index is 11.2. The number of fused-ring (bicyclic) bond motifs is 1. The summed E-state index contributed by atoms with van der Waals surface area (Å²) in [6.45, 7) is 4.50. The van der Waals surface area contributed by atoms with Gasteiger partial charge < -0.3 is 5.11 Å². The molecule has 1 atom stereocenters. The predicted octanol–water partition coefficient (Wildman–Crippen LogP) is 3.87. The number of carboxylic acid groups (broad SMARTS) is 1. The third kappa shape index (κ3) is 2.92. The third-order valence-electron chi connectivity index (χ3n) is 4.52. The molecule has 1 N–H and O–H groups in total. The highest BCUT2D eigenvalue weighted by Crippen LogP contribution is 2.42. The standard InChI is InChI=1S/C19H18O3S/c1-19(2)7-8-23-17-6-4-13(10-16(17)19)12-3-5-15(18(21)22)14(9-12)11-20/h3-6,9-10,15H,7-8H2,1-2H3,(H,21,22). The van der Waals surface area contributed by atoms with Crippen LogP contribution in [0.5, 0.6) is 0 Å². The lowest BCUT2D eigenvalue weighted by Crippen LogP contribution is -2.22. The van der Waals surface area contributed by atoms with Crippen LogP contribution in [0, 0.1) is 5.92 Å². The summed E-state index contributed by atoms with van der Waals surface area (Å²) in [6.07, 6.45) is 6.10. The van der Waals surface area contributed by atoms with Gasteiger partial charge in [0.15, 0.2) is 0 Å². The molecule has 0 amide bonds. The molecular weight excluding hydrogens is 308 g/mol. The van der Waals surface area contributed by atoms with Crippen LogP contribution >= 0.6 is 11.8 Å². The number of hydrogen-bond donors (Lipinski definition) is 1. The van der Waals surface area contributed by atoms with E-state index in [4.69, 9.17) is 5.11 Å².